The number of carbonyl (C=O) groups is 1. The SMILES string of the molecule is CCC(CC)NC(CNC(=O)OC(C)(C)C)C(C)C. The van der Waals surface area contributed by atoms with E-state index in [1.54, 1.807) is 0 Å². The minimum absolute atomic E-state index is 0.275. The first-order valence-corrected chi connectivity index (χ1v) is 7.42. The number of hydrogen-bond donors (Lipinski definition) is 2. The molecule has 114 valence electrons. The van der Waals surface area contributed by atoms with Crippen molar-refractivity contribution in [3.05, 3.63) is 0 Å². The second-order valence-electron chi connectivity index (χ2n) is 6.41. The maximum Gasteiger partial charge on any atom is 0.407 e. The molecule has 0 saturated carbocycles. The summed E-state index contributed by atoms with van der Waals surface area (Å²) < 4.78 is 5.25. The first kappa shape index (κ1) is 18.2. The van der Waals surface area contributed by atoms with Gasteiger partial charge >= 0.3 is 6.09 Å². The van der Waals surface area contributed by atoms with E-state index in [9.17, 15) is 4.79 Å². The van der Waals surface area contributed by atoms with Crippen molar-refractivity contribution in [2.45, 2.75) is 79.0 Å². The molecule has 4 nitrogen and oxygen atoms in total. The molecule has 0 radical (unpaired) electrons. The summed E-state index contributed by atoms with van der Waals surface area (Å²) in [4.78, 5) is 11.6. The highest BCUT2D eigenvalue weighted by atomic mass is 16.6. The lowest BCUT2D eigenvalue weighted by atomic mass is 10.0. The minimum Gasteiger partial charge on any atom is -0.444 e. The van der Waals surface area contributed by atoms with Crippen molar-refractivity contribution in [3.8, 4) is 0 Å². The van der Waals surface area contributed by atoms with Gasteiger partial charge in [-0.1, -0.05) is 27.7 Å². The van der Waals surface area contributed by atoms with Crippen LogP contribution in [0, 0.1) is 5.92 Å². The summed E-state index contributed by atoms with van der Waals surface area (Å²) in [5.74, 6) is 0.468. The van der Waals surface area contributed by atoms with Crippen LogP contribution in [0.15, 0.2) is 0 Å². The fourth-order valence-electron chi connectivity index (χ4n) is 1.82. The predicted molar refractivity (Wildman–Crippen MR) is 80.4 cm³/mol. The summed E-state index contributed by atoms with van der Waals surface area (Å²) in [6, 6.07) is 0.783. The fourth-order valence-corrected chi connectivity index (χ4v) is 1.82. The molecule has 0 aromatic carbocycles. The highest BCUT2D eigenvalue weighted by Crippen LogP contribution is 2.08. The third-order valence-corrected chi connectivity index (χ3v) is 3.11. The van der Waals surface area contributed by atoms with Gasteiger partial charge in [-0.3, -0.25) is 0 Å². The zero-order valence-electron chi connectivity index (χ0n) is 13.7. The highest BCUT2D eigenvalue weighted by Gasteiger charge is 2.20. The van der Waals surface area contributed by atoms with Crippen LogP contribution in [0.4, 0.5) is 4.79 Å². The van der Waals surface area contributed by atoms with Crippen LogP contribution in [0.2, 0.25) is 0 Å². The molecule has 0 saturated heterocycles. The van der Waals surface area contributed by atoms with Crippen LogP contribution in [-0.4, -0.2) is 30.3 Å². The van der Waals surface area contributed by atoms with E-state index in [0.29, 0.717) is 18.5 Å². The van der Waals surface area contributed by atoms with Gasteiger partial charge in [-0.2, -0.15) is 0 Å². The second kappa shape index (κ2) is 8.41. The van der Waals surface area contributed by atoms with E-state index in [1.165, 1.54) is 0 Å². The summed E-state index contributed by atoms with van der Waals surface area (Å²) in [6.45, 7) is 14.9. The smallest absolute Gasteiger partial charge is 0.407 e. The maximum absolute atomic E-state index is 11.6. The zero-order chi connectivity index (χ0) is 15.1. The summed E-state index contributed by atoms with van der Waals surface area (Å²) in [6.07, 6.45) is 1.86. The monoisotopic (exact) mass is 272 g/mol. The standard InChI is InChI=1S/C15H32N2O2/c1-8-12(9-2)17-13(11(3)4)10-16-14(18)19-15(5,6)7/h11-13,17H,8-10H2,1-7H3,(H,16,18). The molecule has 1 unspecified atom stereocenters. The Morgan fingerprint density at radius 1 is 1.16 bits per heavy atom. The van der Waals surface area contributed by atoms with Gasteiger partial charge < -0.3 is 15.4 Å². The number of carbonyl (C=O) groups excluding carboxylic acids is 1. The summed E-state index contributed by atoms with van der Waals surface area (Å²) in [5, 5.41) is 6.45. The Bertz CT molecular complexity index is 255. The van der Waals surface area contributed by atoms with Gasteiger partial charge in [0.1, 0.15) is 5.60 Å². The summed E-state index contributed by atoms with van der Waals surface area (Å²) in [7, 11) is 0. The molecule has 2 N–H and O–H groups in total. The van der Waals surface area contributed by atoms with Crippen molar-refractivity contribution >= 4 is 6.09 Å². The van der Waals surface area contributed by atoms with E-state index >= 15 is 0 Å². The molecule has 0 aliphatic carbocycles. The lowest BCUT2D eigenvalue weighted by Crippen LogP contribution is -2.48. The molecule has 1 atom stereocenters. The van der Waals surface area contributed by atoms with E-state index in [-0.39, 0.29) is 12.1 Å². The molecular formula is C15H32N2O2. The Morgan fingerprint density at radius 2 is 1.68 bits per heavy atom. The Labute approximate surface area is 118 Å². The Hall–Kier alpha value is -0.770. The molecule has 0 heterocycles. The van der Waals surface area contributed by atoms with E-state index in [4.69, 9.17) is 4.74 Å². The van der Waals surface area contributed by atoms with Gasteiger partial charge in [-0.25, -0.2) is 4.79 Å². The molecule has 0 aliphatic rings. The van der Waals surface area contributed by atoms with Gasteiger partial charge in [0.2, 0.25) is 0 Å². The van der Waals surface area contributed by atoms with E-state index < -0.39 is 5.60 Å². The molecular weight excluding hydrogens is 240 g/mol. The van der Waals surface area contributed by atoms with Crippen molar-refractivity contribution in [1.82, 2.24) is 10.6 Å². The Kier molecular flexibility index (Phi) is 8.07. The van der Waals surface area contributed by atoms with Crippen LogP contribution in [-0.2, 0) is 4.74 Å². The van der Waals surface area contributed by atoms with Gasteiger partial charge in [0.05, 0.1) is 0 Å². The first-order valence-electron chi connectivity index (χ1n) is 7.42. The number of ether oxygens (including phenoxy) is 1. The molecule has 4 heteroatoms. The fraction of sp³-hybridized carbons (Fsp3) is 0.933. The molecule has 0 aromatic heterocycles. The van der Waals surface area contributed by atoms with Gasteiger partial charge in [0, 0.05) is 18.6 Å². The average Bonchev–Trinajstić information content (AvgIpc) is 2.26. The van der Waals surface area contributed by atoms with E-state index in [0.717, 1.165) is 12.8 Å². The maximum atomic E-state index is 11.6. The minimum atomic E-state index is -0.444. The highest BCUT2D eigenvalue weighted by molar-refractivity contribution is 5.67. The number of nitrogens with one attached hydrogen (secondary N) is 2. The van der Waals surface area contributed by atoms with Gasteiger partial charge in [0.15, 0.2) is 0 Å². The largest absolute Gasteiger partial charge is 0.444 e. The number of amides is 1. The summed E-state index contributed by atoms with van der Waals surface area (Å²) in [5.41, 5.74) is -0.444. The predicted octanol–water partition coefficient (Wildman–Crippen LogP) is 3.31. The third kappa shape index (κ3) is 8.87. The van der Waals surface area contributed by atoms with Crippen LogP contribution in [0.5, 0.6) is 0 Å². The quantitative estimate of drug-likeness (QED) is 0.747. The van der Waals surface area contributed by atoms with Gasteiger partial charge in [-0.15, -0.1) is 0 Å². The van der Waals surface area contributed by atoms with Crippen molar-refractivity contribution in [1.29, 1.82) is 0 Å². The van der Waals surface area contributed by atoms with Crippen molar-refractivity contribution < 1.29 is 9.53 Å². The number of rotatable bonds is 7. The van der Waals surface area contributed by atoms with Gasteiger partial charge in [-0.05, 0) is 39.5 Å². The molecule has 0 fully saturated rings. The van der Waals surface area contributed by atoms with E-state index in [2.05, 4.69) is 38.3 Å². The van der Waals surface area contributed by atoms with Crippen LogP contribution in [0.25, 0.3) is 0 Å². The number of hydrogen-bond acceptors (Lipinski definition) is 3. The molecule has 19 heavy (non-hydrogen) atoms. The third-order valence-electron chi connectivity index (χ3n) is 3.11. The Balaban J connectivity index is 4.25. The van der Waals surface area contributed by atoms with Gasteiger partial charge in [0.25, 0.3) is 0 Å². The van der Waals surface area contributed by atoms with E-state index in [1.807, 2.05) is 20.8 Å². The number of alkyl carbamates (subject to hydrolysis) is 1. The molecule has 0 aromatic rings. The van der Waals surface area contributed by atoms with Crippen LogP contribution in [0.1, 0.15) is 61.3 Å². The molecule has 0 spiro atoms. The Morgan fingerprint density at radius 3 is 2.05 bits per heavy atom. The van der Waals surface area contributed by atoms with Crippen molar-refractivity contribution in [3.63, 3.8) is 0 Å². The van der Waals surface area contributed by atoms with Crippen LogP contribution >= 0.6 is 0 Å². The van der Waals surface area contributed by atoms with Crippen LogP contribution in [0.3, 0.4) is 0 Å². The molecule has 0 rings (SSSR count). The normalized spacial score (nSPS) is 13.7. The molecule has 0 bridgehead atoms. The second-order valence-corrected chi connectivity index (χ2v) is 6.41. The van der Waals surface area contributed by atoms with Crippen LogP contribution < -0.4 is 10.6 Å². The van der Waals surface area contributed by atoms with Crippen molar-refractivity contribution in [2.75, 3.05) is 6.54 Å². The molecule has 0 aliphatic heterocycles. The first-order chi connectivity index (χ1) is 8.69. The zero-order valence-corrected chi connectivity index (χ0v) is 13.7. The van der Waals surface area contributed by atoms with Crippen molar-refractivity contribution in [2.24, 2.45) is 5.92 Å². The lowest BCUT2D eigenvalue weighted by Gasteiger charge is -2.28. The average molecular weight is 272 g/mol. The lowest BCUT2D eigenvalue weighted by molar-refractivity contribution is 0.0518. The topological polar surface area (TPSA) is 50.4 Å². The summed E-state index contributed by atoms with van der Waals surface area (Å²) >= 11 is 0. The molecule has 1 amide bonds.